The van der Waals surface area contributed by atoms with Gasteiger partial charge in [0.15, 0.2) is 6.29 Å². The predicted octanol–water partition coefficient (Wildman–Crippen LogP) is 2.49. The van der Waals surface area contributed by atoms with Gasteiger partial charge in [-0.3, -0.25) is 9.59 Å². The number of unbranched alkanes of at least 4 members (excludes halogenated alkanes) is 1. The molecule has 1 rings (SSSR count). The molecule has 5 nitrogen and oxygen atoms in total. The van der Waals surface area contributed by atoms with E-state index in [1.807, 2.05) is 7.05 Å². The highest BCUT2D eigenvalue weighted by Crippen LogP contribution is 2.30. The third-order valence-corrected chi connectivity index (χ3v) is 3.11. The summed E-state index contributed by atoms with van der Waals surface area (Å²) in [5.41, 5.74) is 0.803. The van der Waals surface area contributed by atoms with Crippen molar-refractivity contribution in [2.24, 2.45) is 0 Å². The summed E-state index contributed by atoms with van der Waals surface area (Å²) in [6, 6.07) is 3.03. The fraction of sp³-hybridized carbons (Fsp3) is 0.429. The smallest absolute Gasteiger partial charge is 0.224 e. The molecule has 6 heteroatoms. The molecule has 20 heavy (non-hydrogen) atoms. The third kappa shape index (κ3) is 4.83. The van der Waals surface area contributed by atoms with Gasteiger partial charge in [0, 0.05) is 12.5 Å². The largest absolute Gasteiger partial charge is 0.496 e. The van der Waals surface area contributed by atoms with Gasteiger partial charge in [0.25, 0.3) is 0 Å². The van der Waals surface area contributed by atoms with Crippen LogP contribution in [0.1, 0.15) is 29.6 Å². The molecule has 0 aliphatic rings. The van der Waals surface area contributed by atoms with Gasteiger partial charge in [-0.15, -0.1) is 0 Å². The highest BCUT2D eigenvalue weighted by atomic mass is 35.5. The molecular formula is C14H19ClN2O3. The monoisotopic (exact) mass is 298 g/mol. The van der Waals surface area contributed by atoms with Gasteiger partial charge < -0.3 is 15.4 Å². The van der Waals surface area contributed by atoms with Crippen molar-refractivity contribution in [1.82, 2.24) is 5.32 Å². The minimum absolute atomic E-state index is 0.107. The standard InChI is InChI=1S/C14H19ClN2O3/c1-16-6-4-3-5-14(19)17-12-8-13(20-2)10(9-18)7-11(12)15/h7-9,16H,3-6H2,1-2H3,(H,17,19). The van der Waals surface area contributed by atoms with Crippen molar-refractivity contribution in [1.29, 1.82) is 0 Å². The molecule has 2 N–H and O–H groups in total. The molecule has 0 aliphatic heterocycles. The number of halogens is 1. The number of nitrogens with one attached hydrogen (secondary N) is 2. The Kier molecular flexibility index (Phi) is 7.04. The molecule has 110 valence electrons. The van der Waals surface area contributed by atoms with Crippen molar-refractivity contribution in [2.75, 3.05) is 26.0 Å². The molecule has 0 heterocycles. The van der Waals surface area contributed by atoms with E-state index in [9.17, 15) is 9.59 Å². The highest BCUT2D eigenvalue weighted by Gasteiger charge is 2.11. The molecule has 0 aromatic heterocycles. The number of carbonyl (C=O) groups is 2. The Morgan fingerprint density at radius 3 is 2.75 bits per heavy atom. The van der Waals surface area contributed by atoms with Crippen LogP contribution in [0.15, 0.2) is 12.1 Å². The number of hydrogen-bond acceptors (Lipinski definition) is 4. The summed E-state index contributed by atoms with van der Waals surface area (Å²) in [5, 5.41) is 6.07. The van der Waals surface area contributed by atoms with Gasteiger partial charge in [0.2, 0.25) is 5.91 Å². The van der Waals surface area contributed by atoms with Crippen molar-refractivity contribution in [2.45, 2.75) is 19.3 Å². The van der Waals surface area contributed by atoms with Gasteiger partial charge >= 0.3 is 0 Å². The molecule has 0 bridgehead atoms. The minimum Gasteiger partial charge on any atom is -0.496 e. The van der Waals surface area contributed by atoms with Crippen LogP contribution in [0.3, 0.4) is 0 Å². The van der Waals surface area contributed by atoms with Crippen LogP contribution in [0.25, 0.3) is 0 Å². The summed E-state index contributed by atoms with van der Waals surface area (Å²) in [6.45, 7) is 0.885. The molecule has 1 aromatic carbocycles. The van der Waals surface area contributed by atoms with Gasteiger partial charge in [0.1, 0.15) is 5.75 Å². The van der Waals surface area contributed by atoms with Gasteiger partial charge in [-0.05, 0) is 32.5 Å². The van der Waals surface area contributed by atoms with Crippen molar-refractivity contribution in [3.05, 3.63) is 22.7 Å². The molecule has 0 spiro atoms. The second-order valence-electron chi connectivity index (χ2n) is 4.30. The lowest BCUT2D eigenvalue weighted by Crippen LogP contribution is -2.13. The molecule has 0 saturated heterocycles. The van der Waals surface area contributed by atoms with Crippen LogP contribution in [0, 0.1) is 0 Å². The Hall–Kier alpha value is -1.59. The maximum Gasteiger partial charge on any atom is 0.224 e. The van der Waals surface area contributed by atoms with Gasteiger partial charge in [-0.1, -0.05) is 11.6 Å². The Morgan fingerprint density at radius 2 is 2.15 bits per heavy atom. The lowest BCUT2D eigenvalue weighted by molar-refractivity contribution is -0.116. The average Bonchev–Trinajstić information content (AvgIpc) is 2.45. The van der Waals surface area contributed by atoms with E-state index in [1.54, 1.807) is 6.07 Å². The first kappa shape index (κ1) is 16.5. The van der Waals surface area contributed by atoms with Crippen LogP contribution in [0.2, 0.25) is 5.02 Å². The van der Waals surface area contributed by atoms with Crippen molar-refractivity contribution >= 4 is 29.5 Å². The number of anilines is 1. The Bertz CT molecular complexity index is 478. The molecule has 0 fully saturated rings. The average molecular weight is 299 g/mol. The Morgan fingerprint density at radius 1 is 1.40 bits per heavy atom. The van der Waals surface area contributed by atoms with E-state index >= 15 is 0 Å². The quantitative estimate of drug-likeness (QED) is 0.571. The zero-order valence-electron chi connectivity index (χ0n) is 11.7. The summed E-state index contributed by atoms with van der Waals surface area (Å²) >= 11 is 6.03. The number of ether oxygens (including phenoxy) is 1. The predicted molar refractivity (Wildman–Crippen MR) is 79.8 cm³/mol. The number of hydrogen-bond donors (Lipinski definition) is 2. The number of rotatable bonds is 8. The van der Waals surface area contributed by atoms with Crippen LogP contribution in [-0.2, 0) is 4.79 Å². The Balaban J connectivity index is 2.67. The zero-order valence-corrected chi connectivity index (χ0v) is 12.4. The SMILES string of the molecule is CNCCCCC(=O)Nc1cc(OC)c(C=O)cc1Cl. The van der Waals surface area contributed by atoms with E-state index in [0.29, 0.717) is 34.7 Å². The fourth-order valence-corrected chi connectivity index (χ4v) is 1.95. The zero-order chi connectivity index (χ0) is 15.0. The normalized spacial score (nSPS) is 10.2. The summed E-state index contributed by atoms with van der Waals surface area (Å²) in [5.74, 6) is 0.277. The summed E-state index contributed by atoms with van der Waals surface area (Å²) in [6.07, 6.45) is 2.82. The number of methoxy groups -OCH3 is 1. The van der Waals surface area contributed by atoms with Gasteiger partial charge in [0.05, 0.1) is 23.4 Å². The molecule has 0 atom stereocenters. The van der Waals surface area contributed by atoms with E-state index < -0.39 is 0 Å². The van der Waals surface area contributed by atoms with Crippen LogP contribution >= 0.6 is 11.6 Å². The van der Waals surface area contributed by atoms with E-state index in [4.69, 9.17) is 16.3 Å². The molecule has 0 saturated carbocycles. The van der Waals surface area contributed by atoms with E-state index in [0.717, 1.165) is 19.4 Å². The topological polar surface area (TPSA) is 67.4 Å². The lowest BCUT2D eigenvalue weighted by Gasteiger charge is -2.11. The summed E-state index contributed by atoms with van der Waals surface area (Å²) in [7, 11) is 3.33. The van der Waals surface area contributed by atoms with E-state index in [-0.39, 0.29) is 5.91 Å². The maximum atomic E-state index is 11.8. The first-order valence-electron chi connectivity index (χ1n) is 6.39. The first-order valence-corrected chi connectivity index (χ1v) is 6.77. The van der Waals surface area contributed by atoms with Gasteiger partial charge in [-0.25, -0.2) is 0 Å². The fourth-order valence-electron chi connectivity index (χ4n) is 1.73. The van der Waals surface area contributed by atoms with Crippen molar-refractivity contribution in [3.63, 3.8) is 0 Å². The van der Waals surface area contributed by atoms with E-state index in [2.05, 4.69) is 10.6 Å². The number of amides is 1. The number of benzene rings is 1. The maximum absolute atomic E-state index is 11.8. The minimum atomic E-state index is -0.107. The lowest BCUT2D eigenvalue weighted by atomic mass is 10.2. The summed E-state index contributed by atoms with van der Waals surface area (Å²) < 4.78 is 5.08. The molecule has 0 unspecified atom stereocenters. The van der Waals surface area contributed by atoms with Crippen LogP contribution < -0.4 is 15.4 Å². The molecule has 0 aliphatic carbocycles. The summed E-state index contributed by atoms with van der Waals surface area (Å²) in [4.78, 5) is 22.6. The second kappa shape index (κ2) is 8.55. The van der Waals surface area contributed by atoms with E-state index in [1.165, 1.54) is 13.2 Å². The van der Waals surface area contributed by atoms with Crippen molar-refractivity contribution in [3.8, 4) is 5.75 Å². The first-order chi connectivity index (χ1) is 9.62. The van der Waals surface area contributed by atoms with Crippen molar-refractivity contribution < 1.29 is 14.3 Å². The van der Waals surface area contributed by atoms with Crippen LogP contribution in [0.4, 0.5) is 5.69 Å². The van der Waals surface area contributed by atoms with Gasteiger partial charge in [-0.2, -0.15) is 0 Å². The molecular weight excluding hydrogens is 280 g/mol. The number of carbonyl (C=O) groups excluding carboxylic acids is 2. The molecule has 1 amide bonds. The number of aldehydes is 1. The van der Waals surface area contributed by atoms with Crippen LogP contribution in [-0.4, -0.2) is 32.9 Å². The molecule has 0 radical (unpaired) electrons. The Labute approximate surface area is 123 Å². The van der Waals surface area contributed by atoms with Crippen LogP contribution in [0.5, 0.6) is 5.75 Å². The highest BCUT2D eigenvalue weighted by molar-refractivity contribution is 6.34. The second-order valence-corrected chi connectivity index (χ2v) is 4.71. The molecule has 1 aromatic rings. The third-order valence-electron chi connectivity index (χ3n) is 2.80.